The highest BCUT2D eigenvalue weighted by molar-refractivity contribution is 6.01. The maximum absolute atomic E-state index is 11.9. The largest absolute Gasteiger partial charge is 0.481 e. The van der Waals surface area contributed by atoms with Gasteiger partial charge in [0.2, 0.25) is 17.4 Å². The first-order chi connectivity index (χ1) is 9.08. The van der Waals surface area contributed by atoms with Gasteiger partial charge in [0.25, 0.3) is 5.91 Å². The van der Waals surface area contributed by atoms with Gasteiger partial charge in [-0.25, -0.2) is 4.98 Å². The molecule has 2 aromatic rings. The number of aryl methyl sites for hydroxylation is 1. The van der Waals surface area contributed by atoms with Gasteiger partial charge >= 0.3 is 0 Å². The fraction of sp³-hybridized carbons (Fsp3) is 0.167. The van der Waals surface area contributed by atoms with E-state index in [-0.39, 0.29) is 17.2 Å². The molecular formula is C12H12N4O3. The van der Waals surface area contributed by atoms with E-state index in [1.165, 1.54) is 25.3 Å². The monoisotopic (exact) mass is 260 g/mol. The van der Waals surface area contributed by atoms with Gasteiger partial charge in [0.1, 0.15) is 5.69 Å². The van der Waals surface area contributed by atoms with Crippen LogP contribution in [0.1, 0.15) is 16.2 Å². The summed E-state index contributed by atoms with van der Waals surface area (Å²) in [7, 11) is 1.47. The minimum Gasteiger partial charge on any atom is -0.481 e. The number of ether oxygens (including phenoxy) is 1. The number of methoxy groups -OCH3 is 1. The van der Waals surface area contributed by atoms with E-state index >= 15 is 0 Å². The van der Waals surface area contributed by atoms with Gasteiger partial charge in [-0.3, -0.25) is 14.9 Å². The molecule has 1 amide bonds. The van der Waals surface area contributed by atoms with E-state index in [1.54, 1.807) is 13.0 Å². The summed E-state index contributed by atoms with van der Waals surface area (Å²) in [5.41, 5.74) is 0.440. The lowest BCUT2D eigenvalue weighted by molar-refractivity contribution is 0.102. The molecule has 2 rings (SSSR count). The molecule has 2 N–H and O–H groups in total. The van der Waals surface area contributed by atoms with Crippen LogP contribution in [0.5, 0.6) is 5.88 Å². The molecule has 7 nitrogen and oxygen atoms in total. The van der Waals surface area contributed by atoms with Gasteiger partial charge in [-0.2, -0.15) is 4.98 Å². The quantitative estimate of drug-likeness (QED) is 0.848. The number of rotatable bonds is 3. The van der Waals surface area contributed by atoms with Crippen molar-refractivity contribution in [1.82, 2.24) is 15.0 Å². The number of aromatic nitrogens is 3. The summed E-state index contributed by atoms with van der Waals surface area (Å²) in [5.74, 6) is -0.0266. The van der Waals surface area contributed by atoms with Gasteiger partial charge in [0.15, 0.2) is 0 Å². The molecule has 0 saturated carbocycles. The molecule has 0 unspecified atom stereocenters. The van der Waals surface area contributed by atoms with Crippen LogP contribution in [0.25, 0.3) is 0 Å². The number of carbonyl (C=O) groups excluding carboxylic acids is 1. The first-order valence-electron chi connectivity index (χ1n) is 5.49. The van der Waals surface area contributed by atoms with Crippen LogP contribution in [0.2, 0.25) is 0 Å². The normalized spacial score (nSPS) is 10.0. The Morgan fingerprint density at radius 2 is 2.16 bits per heavy atom. The smallest absolute Gasteiger partial charge is 0.274 e. The molecule has 19 heavy (non-hydrogen) atoms. The molecule has 0 fully saturated rings. The summed E-state index contributed by atoms with van der Waals surface area (Å²) in [4.78, 5) is 33.4. The Morgan fingerprint density at radius 3 is 2.84 bits per heavy atom. The highest BCUT2D eigenvalue weighted by Gasteiger charge is 2.10. The average Bonchev–Trinajstić information content (AvgIpc) is 2.38. The number of pyridine rings is 1. The van der Waals surface area contributed by atoms with Crippen molar-refractivity contribution >= 4 is 11.9 Å². The summed E-state index contributed by atoms with van der Waals surface area (Å²) in [6.07, 6.45) is 0. The maximum atomic E-state index is 11.9. The number of hydrogen-bond donors (Lipinski definition) is 2. The highest BCUT2D eigenvalue weighted by atomic mass is 16.5. The zero-order valence-corrected chi connectivity index (χ0v) is 10.4. The number of H-pyrrole nitrogens is 1. The highest BCUT2D eigenvalue weighted by Crippen LogP contribution is 2.11. The third-order valence-electron chi connectivity index (χ3n) is 2.28. The molecular weight excluding hydrogens is 248 g/mol. The Bertz CT molecular complexity index is 666. The van der Waals surface area contributed by atoms with E-state index in [1.807, 2.05) is 0 Å². The van der Waals surface area contributed by atoms with E-state index in [0.717, 1.165) is 0 Å². The number of aromatic amines is 1. The summed E-state index contributed by atoms with van der Waals surface area (Å²) < 4.78 is 4.98. The third-order valence-corrected chi connectivity index (χ3v) is 2.28. The van der Waals surface area contributed by atoms with Gasteiger partial charge in [-0.05, 0) is 13.0 Å². The second-order valence-electron chi connectivity index (χ2n) is 3.76. The zero-order chi connectivity index (χ0) is 13.8. The van der Waals surface area contributed by atoms with Crippen molar-refractivity contribution < 1.29 is 9.53 Å². The van der Waals surface area contributed by atoms with Gasteiger partial charge in [-0.15, -0.1) is 0 Å². The lowest BCUT2D eigenvalue weighted by Gasteiger charge is -2.06. The van der Waals surface area contributed by atoms with E-state index in [2.05, 4.69) is 20.3 Å². The number of carbonyl (C=O) groups is 1. The predicted octanol–water partition coefficient (Wildman–Crippen LogP) is 0.734. The molecule has 2 aromatic heterocycles. The summed E-state index contributed by atoms with van der Waals surface area (Å²) >= 11 is 0. The molecule has 0 atom stereocenters. The number of anilines is 1. The fourth-order valence-corrected chi connectivity index (χ4v) is 1.45. The van der Waals surface area contributed by atoms with Gasteiger partial charge in [0, 0.05) is 17.8 Å². The van der Waals surface area contributed by atoms with Gasteiger partial charge in [0.05, 0.1) is 7.11 Å². The molecule has 0 aliphatic carbocycles. The van der Waals surface area contributed by atoms with Crippen LogP contribution in [-0.4, -0.2) is 28.0 Å². The predicted molar refractivity (Wildman–Crippen MR) is 68.3 cm³/mol. The summed E-state index contributed by atoms with van der Waals surface area (Å²) in [5, 5.41) is 2.49. The Hall–Kier alpha value is -2.70. The molecule has 0 radical (unpaired) electrons. The van der Waals surface area contributed by atoms with Crippen molar-refractivity contribution in [2.24, 2.45) is 0 Å². The lowest BCUT2D eigenvalue weighted by Crippen LogP contribution is -2.19. The standard InChI is InChI=1S/C12H12N4O3/c1-7-6-10(19-2)15-12(13-7)16-11(18)8-4-3-5-9(17)14-8/h3-6H,1-2H3,(H,14,17)(H,13,15,16,18). The minimum atomic E-state index is -0.495. The number of hydrogen-bond acceptors (Lipinski definition) is 5. The second-order valence-corrected chi connectivity index (χ2v) is 3.76. The van der Waals surface area contributed by atoms with Crippen molar-refractivity contribution in [3.63, 3.8) is 0 Å². The van der Waals surface area contributed by atoms with Crippen molar-refractivity contribution in [2.45, 2.75) is 6.92 Å². The molecule has 0 spiro atoms. The van der Waals surface area contributed by atoms with E-state index < -0.39 is 5.91 Å². The van der Waals surface area contributed by atoms with E-state index in [4.69, 9.17) is 4.74 Å². The Kier molecular flexibility index (Phi) is 3.56. The molecule has 7 heteroatoms. The van der Waals surface area contributed by atoms with E-state index in [0.29, 0.717) is 11.6 Å². The number of amides is 1. The first kappa shape index (κ1) is 12.7. The Labute approximate surface area is 108 Å². The van der Waals surface area contributed by atoms with Gasteiger partial charge in [-0.1, -0.05) is 6.07 Å². The van der Waals surface area contributed by atoms with Crippen molar-refractivity contribution in [2.75, 3.05) is 12.4 Å². The van der Waals surface area contributed by atoms with Crippen LogP contribution in [0.4, 0.5) is 5.95 Å². The molecule has 98 valence electrons. The zero-order valence-electron chi connectivity index (χ0n) is 10.4. The molecule has 0 bridgehead atoms. The molecule has 2 heterocycles. The van der Waals surface area contributed by atoms with Crippen molar-refractivity contribution in [3.05, 3.63) is 46.0 Å². The SMILES string of the molecule is COc1cc(C)nc(NC(=O)c2cccc(=O)[nH]2)n1. The average molecular weight is 260 g/mol. The molecule has 0 aliphatic rings. The van der Waals surface area contributed by atoms with Crippen molar-refractivity contribution in [3.8, 4) is 5.88 Å². The molecule has 0 saturated heterocycles. The number of nitrogens with zero attached hydrogens (tertiary/aromatic N) is 2. The topological polar surface area (TPSA) is 97.0 Å². The van der Waals surface area contributed by atoms with Crippen LogP contribution in [0, 0.1) is 6.92 Å². The fourth-order valence-electron chi connectivity index (χ4n) is 1.45. The minimum absolute atomic E-state index is 0.117. The van der Waals surface area contributed by atoms with E-state index in [9.17, 15) is 9.59 Å². The number of nitrogens with one attached hydrogen (secondary N) is 2. The lowest BCUT2D eigenvalue weighted by atomic mass is 10.3. The van der Waals surface area contributed by atoms with Crippen LogP contribution < -0.4 is 15.6 Å². The van der Waals surface area contributed by atoms with Crippen LogP contribution in [0.3, 0.4) is 0 Å². The van der Waals surface area contributed by atoms with Gasteiger partial charge < -0.3 is 9.72 Å². The van der Waals surface area contributed by atoms with Crippen LogP contribution >= 0.6 is 0 Å². The van der Waals surface area contributed by atoms with Crippen LogP contribution in [-0.2, 0) is 0 Å². The third kappa shape index (κ3) is 3.15. The summed E-state index contributed by atoms with van der Waals surface area (Å²) in [6.45, 7) is 1.75. The summed E-state index contributed by atoms with van der Waals surface area (Å²) in [6, 6.07) is 5.94. The first-order valence-corrected chi connectivity index (χ1v) is 5.49. The maximum Gasteiger partial charge on any atom is 0.274 e. The second kappa shape index (κ2) is 5.30. The van der Waals surface area contributed by atoms with Crippen molar-refractivity contribution in [1.29, 1.82) is 0 Å². The Morgan fingerprint density at radius 1 is 1.37 bits per heavy atom. The molecule has 0 aliphatic heterocycles. The van der Waals surface area contributed by atoms with Crippen LogP contribution in [0.15, 0.2) is 29.1 Å². The Balaban J connectivity index is 2.24. The molecule has 0 aromatic carbocycles.